The van der Waals surface area contributed by atoms with Gasteiger partial charge in [0.2, 0.25) is 0 Å². The maximum atomic E-state index is 3.53. The van der Waals surface area contributed by atoms with Gasteiger partial charge in [0.05, 0.1) is 0 Å². The molecule has 2 nitrogen and oxygen atoms in total. The van der Waals surface area contributed by atoms with Gasteiger partial charge in [-0.2, -0.15) is 0 Å². The highest BCUT2D eigenvalue weighted by atomic mass is 14.9. The normalized spacial score (nSPS) is 10.6. The zero-order valence-electron chi connectivity index (χ0n) is 18.6. The van der Waals surface area contributed by atoms with Crippen molar-refractivity contribution in [1.29, 1.82) is 0 Å². The quantitative estimate of drug-likeness (QED) is 0.283. The summed E-state index contributed by atoms with van der Waals surface area (Å²) in [5, 5.41) is 7.00. The van der Waals surface area contributed by atoms with E-state index in [-0.39, 0.29) is 0 Å². The van der Waals surface area contributed by atoms with Crippen LogP contribution in [0, 0.1) is 6.92 Å². The molecule has 5 aromatic carbocycles. The summed E-state index contributed by atoms with van der Waals surface area (Å²) in [6.07, 6.45) is 0. The Labute approximate surface area is 195 Å². The predicted octanol–water partition coefficient (Wildman–Crippen LogP) is 8.82. The van der Waals surface area contributed by atoms with Gasteiger partial charge in [0.15, 0.2) is 0 Å². The highest BCUT2D eigenvalue weighted by Gasteiger charge is 2.10. The number of hydrogen-bond acceptors (Lipinski definition) is 2. The number of hydrogen-bond donors (Lipinski definition) is 2. The summed E-state index contributed by atoms with van der Waals surface area (Å²) >= 11 is 0. The molecule has 2 N–H and O–H groups in total. The minimum absolute atomic E-state index is 1.07. The zero-order chi connectivity index (χ0) is 22.5. The summed E-state index contributed by atoms with van der Waals surface area (Å²) < 4.78 is 0. The van der Waals surface area contributed by atoms with E-state index in [1.54, 1.807) is 0 Å². The molecule has 0 unspecified atom stereocenters. The van der Waals surface area contributed by atoms with Gasteiger partial charge in [0.1, 0.15) is 0 Å². The summed E-state index contributed by atoms with van der Waals surface area (Å²) in [6, 6.07) is 44.5. The minimum atomic E-state index is 1.07. The van der Waals surface area contributed by atoms with Crippen LogP contribution in [0.4, 0.5) is 22.7 Å². The average molecular weight is 427 g/mol. The second-order valence-corrected chi connectivity index (χ2v) is 8.19. The lowest BCUT2D eigenvalue weighted by Crippen LogP contribution is -1.93. The number of benzene rings is 5. The molecule has 160 valence electrons. The average Bonchev–Trinajstić information content (AvgIpc) is 2.86. The molecule has 0 radical (unpaired) electrons. The highest BCUT2D eigenvalue weighted by Crippen LogP contribution is 2.36. The van der Waals surface area contributed by atoms with Crippen molar-refractivity contribution in [2.75, 3.05) is 10.6 Å². The van der Waals surface area contributed by atoms with Crippen molar-refractivity contribution in [3.8, 4) is 22.3 Å². The predicted molar refractivity (Wildman–Crippen MR) is 142 cm³/mol. The van der Waals surface area contributed by atoms with E-state index in [9.17, 15) is 0 Å². The summed E-state index contributed by atoms with van der Waals surface area (Å²) in [4.78, 5) is 0. The Morgan fingerprint density at radius 3 is 1.61 bits per heavy atom. The van der Waals surface area contributed by atoms with Gasteiger partial charge in [-0.3, -0.25) is 0 Å². The molecule has 0 atom stereocenters. The maximum absolute atomic E-state index is 3.53. The van der Waals surface area contributed by atoms with Crippen LogP contribution in [0.1, 0.15) is 5.56 Å². The van der Waals surface area contributed by atoms with Crippen LogP contribution in [0.5, 0.6) is 0 Å². The molecule has 0 heterocycles. The number of aryl methyl sites for hydroxylation is 1. The van der Waals surface area contributed by atoms with Gasteiger partial charge in [0, 0.05) is 22.7 Å². The summed E-state index contributed by atoms with van der Waals surface area (Å²) in [6.45, 7) is 2.14. The van der Waals surface area contributed by atoms with Crippen LogP contribution in [0.15, 0.2) is 127 Å². The van der Waals surface area contributed by atoms with Crippen molar-refractivity contribution in [1.82, 2.24) is 0 Å². The first-order chi connectivity index (χ1) is 16.2. The molecule has 0 amide bonds. The van der Waals surface area contributed by atoms with Crippen molar-refractivity contribution < 1.29 is 0 Å². The molecule has 5 aromatic rings. The fourth-order valence-electron chi connectivity index (χ4n) is 4.03. The minimum Gasteiger partial charge on any atom is -0.356 e. The largest absolute Gasteiger partial charge is 0.356 e. The third-order valence-corrected chi connectivity index (χ3v) is 5.67. The van der Waals surface area contributed by atoms with E-state index in [1.165, 1.54) is 27.8 Å². The van der Waals surface area contributed by atoms with E-state index < -0.39 is 0 Å². The van der Waals surface area contributed by atoms with Crippen molar-refractivity contribution >= 4 is 22.7 Å². The van der Waals surface area contributed by atoms with Crippen molar-refractivity contribution in [2.24, 2.45) is 0 Å². The molecule has 0 fully saturated rings. The first-order valence-corrected chi connectivity index (χ1v) is 11.2. The smallest absolute Gasteiger partial charge is 0.0390 e. The summed E-state index contributed by atoms with van der Waals surface area (Å²) in [5.41, 5.74) is 10.4. The highest BCUT2D eigenvalue weighted by molar-refractivity contribution is 5.87. The van der Waals surface area contributed by atoms with Crippen LogP contribution in [-0.2, 0) is 0 Å². The lowest BCUT2D eigenvalue weighted by molar-refractivity contribution is 1.46. The Hall–Kier alpha value is -4.30. The molecular formula is C31H26N2. The molecule has 0 bridgehead atoms. The molecule has 0 saturated carbocycles. The SMILES string of the molecule is Cc1cccc(-c2cc(Nc3ccccc3)ccc2-c2ccc(Nc3ccccc3)cc2)c1. The number of anilines is 4. The van der Waals surface area contributed by atoms with Gasteiger partial charge < -0.3 is 10.6 Å². The van der Waals surface area contributed by atoms with Crippen LogP contribution in [-0.4, -0.2) is 0 Å². The lowest BCUT2D eigenvalue weighted by atomic mass is 9.93. The zero-order valence-corrected chi connectivity index (χ0v) is 18.6. The van der Waals surface area contributed by atoms with E-state index in [0.717, 1.165) is 22.7 Å². The van der Waals surface area contributed by atoms with E-state index in [4.69, 9.17) is 0 Å². The molecular weight excluding hydrogens is 400 g/mol. The van der Waals surface area contributed by atoms with Gasteiger partial charge >= 0.3 is 0 Å². The van der Waals surface area contributed by atoms with E-state index in [2.05, 4.69) is 109 Å². The van der Waals surface area contributed by atoms with Crippen LogP contribution in [0.3, 0.4) is 0 Å². The first kappa shape index (κ1) is 20.6. The Balaban J connectivity index is 1.50. The van der Waals surface area contributed by atoms with E-state index >= 15 is 0 Å². The van der Waals surface area contributed by atoms with E-state index in [1.807, 2.05) is 36.4 Å². The maximum Gasteiger partial charge on any atom is 0.0390 e. The second kappa shape index (κ2) is 9.46. The third-order valence-electron chi connectivity index (χ3n) is 5.67. The third kappa shape index (κ3) is 4.97. The number of rotatable bonds is 6. The second-order valence-electron chi connectivity index (χ2n) is 8.19. The van der Waals surface area contributed by atoms with Crippen molar-refractivity contribution in [2.45, 2.75) is 6.92 Å². The molecule has 2 heteroatoms. The summed E-state index contributed by atoms with van der Waals surface area (Å²) in [7, 11) is 0. The fraction of sp³-hybridized carbons (Fsp3) is 0.0323. The van der Waals surface area contributed by atoms with Crippen LogP contribution >= 0.6 is 0 Å². The monoisotopic (exact) mass is 426 g/mol. The Morgan fingerprint density at radius 2 is 0.970 bits per heavy atom. The van der Waals surface area contributed by atoms with Gasteiger partial charge in [-0.15, -0.1) is 0 Å². The van der Waals surface area contributed by atoms with Crippen LogP contribution in [0.25, 0.3) is 22.3 Å². The van der Waals surface area contributed by atoms with Crippen molar-refractivity contribution in [3.05, 3.63) is 133 Å². The Morgan fingerprint density at radius 1 is 0.394 bits per heavy atom. The van der Waals surface area contributed by atoms with E-state index in [0.29, 0.717) is 0 Å². The van der Waals surface area contributed by atoms with Crippen molar-refractivity contribution in [3.63, 3.8) is 0 Å². The van der Waals surface area contributed by atoms with Crippen LogP contribution < -0.4 is 10.6 Å². The lowest BCUT2D eigenvalue weighted by Gasteiger charge is -2.15. The topological polar surface area (TPSA) is 24.1 Å². The number of para-hydroxylation sites is 2. The Bertz CT molecular complexity index is 1340. The molecule has 0 aliphatic rings. The standard InChI is InChI=1S/C31H26N2/c1-23-9-8-10-25(21-23)31-22-29(33-27-13-6-3-7-14-27)19-20-30(31)24-15-17-28(18-16-24)32-26-11-4-2-5-12-26/h2-22,32-33H,1H3. The van der Waals surface area contributed by atoms with Gasteiger partial charge in [-0.05, 0) is 77.7 Å². The van der Waals surface area contributed by atoms with Crippen LogP contribution in [0.2, 0.25) is 0 Å². The number of nitrogens with one attached hydrogen (secondary N) is 2. The fourth-order valence-corrected chi connectivity index (χ4v) is 4.03. The van der Waals surface area contributed by atoms with Gasteiger partial charge in [0.25, 0.3) is 0 Å². The van der Waals surface area contributed by atoms with Gasteiger partial charge in [-0.1, -0.05) is 84.4 Å². The Kier molecular flexibility index (Phi) is 5.90. The first-order valence-electron chi connectivity index (χ1n) is 11.2. The van der Waals surface area contributed by atoms with Gasteiger partial charge in [-0.25, -0.2) is 0 Å². The molecule has 33 heavy (non-hydrogen) atoms. The molecule has 5 rings (SSSR count). The molecule has 0 aromatic heterocycles. The summed E-state index contributed by atoms with van der Waals surface area (Å²) in [5.74, 6) is 0. The molecule has 0 saturated heterocycles. The molecule has 0 aliphatic carbocycles. The molecule has 0 spiro atoms. The molecule has 0 aliphatic heterocycles.